The summed E-state index contributed by atoms with van der Waals surface area (Å²) >= 11 is 3.47. The molecule has 2 aliphatic rings. The largest absolute Gasteiger partial charge is 0.382 e. The summed E-state index contributed by atoms with van der Waals surface area (Å²) < 4.78 is 62.6. The molecule has 1 N–H and O–H groups in total. The van der Waals surface area contributed by atoms with Gasteiger partial charge in [-0.3, -0.25) is 4.55 Å². The molecule has 0 amide bonds. The lowest BCUT2D eigenvalue weighted by molar-refractivity contribution is 0.417. The summed E-state index contributed by atoms with van der Waals surface area (Å²) in [6.45, 7) is 0. The Morgan fingerprint density at radius 2 is 1.65 bits per heavy atom. The van der Waals surface area contributed by atoms with Crippen LogP contribution in [0.3, 0.4) is 0 Å². The fraction of sp³-hybridized carbons (Fsp3) is 0.538. The van der Waals surface area contributed by atoms with Crippen LogP contribution in [0.4, 0.5) is 0 Å². The third kappa shape index (κ3) is 3.65. The van der Waals surface area contributed by atoms with E-state index in [0.29, 0.717) is 12.3 Å². The molecule has 6 nitrogen and oxygen atoms in total. The second-order valence-corrected chi connectivity index (χ2v) is 11.4. The van der Waals surface area contributed by atoms with Gasteiger partial charge in [-0.05, 0) is 88.4 Å². The van der Waals surface area contributed by atoms with Gasteiger partial charge in [-0.25, -0.2) is 0 Å². The monoisotopic (exact) mass is 584 g/mol. The molecule has 3 unspecified atom stereocenters. The van der Waals surface area contributed by atoms with Crippen LogP contribution in [0.25, 0.3) is 0 Å². The summed E-state index contributed by atoms with van der Waals surface area (Å²) in [6.07, 6.45) is 3.61. The summed E-state index contributed by atoms with van der Waals surface area (Å²) in [6, 6.07) is 2.63. The summed E-state index contributed by atoms with van der Waals surface area (Å²) in [5, 5.41) is -0.474. The van der Waals surface area contributed by atoms with Crippen molar-refractivity contribution in [3.63, 3.8) is 0 Å². The van der Waals surface area contributed by atoms with Gasteiger partial charge in [-0.2, -0.15) is 16.8 Å². The van der Waals surface area contributed by atoms with Crippen molar-refractivity contribution in [1.82, 2.24) is 0 Å². The topological polar surface area (TPSA) is 97.7 Å². The Bertz CT molecular complexity index is 826. The zero-order valence-corrected chi connectivity index (χ0v) is 17.7. The highest BCUT2D eigenvalue weighted by Gasteiger charge is 2.47. The van der Waals surface area contributed by atoms with Crippen molar-refractivity contribution >= 4 is 65.4 Å². The first-order chi connectivity index (χ1) is 10.6. The molecule has 3 atom stereocenters. The summed E-state index contributed by atoms with van der Waals surface area (Å²) in [5.41, 5.74) is 0. The molecule has 0 spiro atoms. The molecule has 0 radical (unpaired) electrons. The molecule has 128 valence electrons. The molecular formula is C13H14I2O6S2. The SMILES string of the molecule is O=S(=O)(O)c1c(I)cc(OS(=O)(=O)C2CC3CCC2C3)cc1I. The molecular weight excluding hydrogens is 570 g/mol. The first kappa shape index (κ1) is 18.1. The number of fused-ring (bicyclic) bond motifs is 2. The van der Waals surface area contributed by atoms with Gasteiger partial charge in [0.1, 0.15) is 15.9 Å². The Kier molecular flexibility index (Phi) is 4.93. The maximum atomic E-state index is 12.5. The number of hydrogen-bond donors (Lipinski definition) is 1. The van der Waals surface area contributed by atoms with Crippen LogP contribution in [0.5, 0.6) is 5.75 Å². The van der Waals surface area contributed by atoms with Crippen molar-refractivity contribution in [2.75, 3.05) is 0 Å². The fourth-order valence-electron chi connectivity index (χ4n) is 3.57. The van der Waals surface area contributed by atoms with E-state index in [1.807, 2.05) is 0 Å². The van der Waals surface area contributed by atoms with Gasteiger partial charge < -0.3 is 4.18 Å². The van der Waals surface area contributed by atoms with Gasteiger partial charge in [0.05, 0.1) is 0 Å². The Labute approximate surface area is 162 Å². The fourth-order valence-corrected chi connectivity index (χ4v) is 9.27. The Balaban J connectivity index is 1.89. The van der Waals surface area contributed by atoms with E-state index < -0.39 is 25.5 Å². The van der Waals surface area contributed by atoms with Crippen molar-refractivity contribution in [3.05, 3.63) is 19.3 Å². The second-order valence-electron chi connectivity index (χ2n) is 5.98. The van der Waals surface area contributed by atoms with Gasteiger partial charge in [0.15, 0.2) is 0 Å². The molecule has 23 heavy (non-hydrogen) atoms. The molecule has 10 heteroatoms. The van der Waals surface area contributed by atoms with E-state index in [-0.39, 0.29) is 23.7 Å². The third-order valence-corrected chi connectivity index (χ3v) is 9.62. The van der Waals surface area contributed by atoms with Crippen molar-refractivity contribution in [3.8, 4) is 5.75 Å². The van der Waals surface area contributed by atoms with Gasteiger partial charge in [-0.1, -0.05) is 6.42 Å². The minimum Gasteiger partial charge on any atom is -0.382 e. The van der Waals surface area contributed by atoms with Crippen LogP contribution >= 0.6 is 45.2 Å². The van der Waals surface area contributed by atoms with Crippen LogP contribution < -0.4 is 4.18 Å². The molecule has 0 saturated heterocycles. The van der Waals surface area contributed by atoms with Crippen molar-refractivity contribution < 1.29 is 25.6 Å². The molecule has 2 fully saturated rings. The maximum Gasteiger partial charge on any atom is 0.312 e. The Morgan fingerprint density at radius 1 is 1.04 bits per heavy atom. The van der Waals surface area contributed by atoms with Crippen LogP contribution in [0.15, 0.2) is 17.0 Å². The Hall–Kier alpha value is 0.340. The number of hydrogen-bond acceptors (Lipinski definition) is 5. The van der Waals surface area contributed by atoms with E-state index in [1.165, 1.54) is 12.1 Å². The average molecular weight is 584 g/mol. The lowest BCUT2D eigenvalue weighted by Gasteiger charge is -2.21. The van der Waals surface area contributed by atoms with E-state index in [1.54, 1.807) is 45.2 Å². The van der Waals surface area contributed by atoms with Gasteiger partial charge in [-0.15, -0.1) is 0 Å². The van der Waals surface area contributed by atoms with Crippen LogP contribution in [0.1, 0.15) is 25.7 Å². The van der Waals surface area contributed by atoms with Gasteiger partial charge >= 0.3 is 10.1 Å². The first-order valence-corrected chi connectivity index (χ1v) is 12.0. The van der Waals surface area contributed by atoms with Crippen molar-refractivity contribution in [1.29, 1.82) is 0 Å². The third-order valence-electron chi connectivity index (χ3n) is 4.49. The summed E-state index contributed by atoms with van der Waals surface area (Å²) in [4.78, 5) is -0.233. The van der Waals surface area contributed by atoms with Crippen molar-refractivity contribution in [2.24, 2.45) is 11.8 Å². The van der Waals surface area contributed by atoms with Crippen LogP contribution in [-0.2, 0) is 20.2 Å². The first-order valence-electron chi connectivity index (χ1n) is 6.98. The highest BCUT2D eigenvalue weighted by atomic mass is 127. The predicted octanol–water partition coefficient (Wildman–Crippen LogP) is 3.04. The zero-order valence-electron chi connectivity index (χ0n) is 11.8. The van der Waals surface area contributed by atoms with Crippen LogP contribution in [0, 0.1) is 19.0 Å². The van der Waals surface area contributed by atoms with Crippen molar-refractivity contribution in [2.45, 2.75) is 35.8 Å². The lowest BCUT2D eigenvalue weighted by Crippen LogP contribution is -2.31. The Morgan fingerprint density at radius 3 is 2.09 bits per heavy atom. The molecule has 0 heterocycles. The molecule has 2 saturated carbocycles. The molecule has 0 aliphatic heterocycles. The quantitative estimate of drug-likeness (QED) is 0.332. The molecule has 2 aliphatic carbocycles. The molecule has 1 aromatic carbocycles. The minimum atomic E-state index is -4.37. The van der Waals surface area contributed by atoms with Gasteiger partial charge in [0, 0.05) is 7.14 Å². The summed E-state index contributed by atoms with van der Waals surface area (Å²) in [7, 11) is -8.11. The van der Waals surface area contributed by atoms with Gasteiger partial charge in [0.2, 0.25) is 0 Å². The zero-order chi connectivity index (χ0) is 17.0. The highest BCUT2D eigenvalue weighted by Crippen LogP contribution is 2.47. The van der Waals surface area contributed by atoms with E-state index in [4.69, 9.17) is 4.18 Å². The number of benzene rings is 1. The molecule has 1 aromatic rings. The molecule has 3 rings (SSSR count). The van der Waals surface area contributed by atoms with Gasteiger partial charge in [0.25, 0.3) is 10.1 Å². The standard InChI is InChI=1S/C13H14I2O6S2/c14-10-5-9(6-11(15)13(10)22(16,17)18)21-23(19,20)12-4-7-1-2-8(12)3-7/h5-8,12H,1-4H2,(H,16,17,18). The smallest absolute Gasteiger partial charge is 0.312 e. The molecule has 0 aromatic heterocycles. The summed E-state index contributed by atoms with van der Waals surface area (Å²) in [5.74, 6) is 0.722. The van der Waals surface area contributed by atoms with Crippen LogP contribution in [0.2, 0.25) is 0 Å². The lowest BCUT2D eigenvalue weighted by atomic mass is 10.0. The predicted molar refractivity (Wildman–Crippen MR) is 100 cm³/mol. The van der Waals surface area contributed by atoms with E-state index in [0.717, 1.165) is 19.3 Å². The average Bonchev–Trinajstić information content (AvgIpc) is 2.97. The number of rotatable bonds is 4. The van der Waals surface area contributed by atoms with E-state index in [9.17, 15) is 21.4 Å². The number of halogens is 2. The second kappa shape index (κ2) is 6.25. The molecule has 2 bridgehead atoms. The highest BCUT2D eigenvalue weighted by molar-refractivity contribution is 14.1. The van der Waals surface area contributed by atoms with E-state index >= 15 is 0 Å². The minimum absolute atomic E-state index is 0.0778. The normalized spacial score (nSPS) is 27.3. The maximum absolute atomic E-state index is 12.5. The van der Waals surface area contributed by atoms with Crippen LogP contribution in [-0.4, -0.2) is 26.6 Å². The van der Waals surface area contributed by atoms with E-state index in [2.05, 4.69) is 0 Å².